The number of unbranched alkanes of at least 4 members (excludes halogenated alkanes) is 1. The van der Waals surface area contributed by atoms with Crippen LogP contribution in [0.15, 0.2) is 77.7 Å². The first kappa shape index (κ1) is 26.6. The van der Waals surface area contributed by atoms with E-state index in [0.29, 0.717) is 36.7 Å². The van der Waals surface area contributed by atoms with E-state index in [1.807, 2.05) is 85.7 Å². The number of para-hydroxylation sites is 2. The van der Waals surface area contributed by atoms with Gasteiger partial charge in [-0.15, -0.1) is 0 Å². The first-order valence-electron chi connectivity index (χ1n) is 12.2. The molecular formula is C28H37N3O3S. The van der Waals surface area contributed by atoms with Gasteiger partial charge in [0, 0.05) is 18.8 Å². The number of rotatable bonds is 14. The summed E-state index contributed by atoms with van der Waals surface area (Å²) in [5.41, 5.74) is 2.55. The molecule has 0 radical (unpaired) electrons. The maximum absolute atomic E-state index is 13.6. The fraction of sp³-hybridized carbons (Fsp3) is 0.357. The van der Waals surface area contributed by atoms with Crippen LogP contribution in [-0.2, 0) is 16.4 Å². The predicted octanol–water partition coefficient (Wildman–Crippen LogP) is 6.03. The van der Waals surface area contributed by atoms with Gasteiger partial charge < -0.3 is 20.3 Å². The summed E-state index contributed by atoms with van der Waals surface area (Å²) in [7, 11) is 0.309. The molecular weight excluding hydrogens is 458 g/mol. The molecule has 0 fully saturated rings. The standard InChI is InChI=1S/C28H37N3O3S/c1-4-5-17-29-26-20-23(22-30-24-13-8-6-9-14-24)21-27(35(32,33)19-12-18-31(2)3)28(26)34-25-15-10-7-11-16-25/h6-11,13-16,20-21,29-30H,4-5,12,17-19,22H2,1-3H3. The van der Waals surface area contributed by atoms with Gasteiger partial charge in [-0.05, 0) is 75.4 Å². The van der Waals surface area contributed by atoms with E-state index in [2.05, 4.69) is 17.6 Å². The minimum atomic E-state index is -3.58. The molecule has 0 aliphatic carbocycles. The van der Waals surface area contributed by atoms with Gasteiger partial charge in [-0.1, -0.05) is 49.7 Å². The summed E-state index contributed by atoms with van der Waals surface area (Å²) in [6.45, 7) is 4.06. The molecule has 7 heteroatoms. The van der Waals surface area contributed by atoms with Gasteiger partial charge in [0.1, 0.15) is 10.6 Å². The summed E-state index contributed by atoms with van der Waals surface area (Å²) in [6, 6.07) is 23.0. The molecule has 0 aromatic heterocycles. The van der Waals surface area contributed by atoms with E-state index in [-0.39, 0.29) is 10.6 Å². The zero-order valence-electron chi connectivity index (χ0n) is 21.0. The summed E-state index contributed by atoms with van der Waals surface area (Å²) in [5.74, 6) is 1.02. The molecule has 0 aliphatic heterocycles. The quantitative estimate of drug-likeness (QED) is 0.266. The van der Waals surface area contributed by atoms with Crippen molar-refractivity contribution >= 4 is 21.2 Å². The molecule has 35 heavy (non-hydrogen) atoms. The third kappa shape index (κ3) is 8.30. The van der Waals surface area contributed by atoms with E-state index in [9.17, 15) is 8.42 Å². The number of sulfone groups is 1. The first-order valence-corrected chi connectivity index (χ1v) is 13.8. The Morgan fingerprint density at radius 3 is 2.23 bits per heavy atom. The number of benzene rings is 3. The van der Waals surface area contributed by atoms with Crippen molar-refractivity contribution in [2.75, 3.05) is 43.6 Å². The van der Waals surface area contributed by atoms with Crippen molar-refractivity contribution in [3.63, 3.8) is 0 Å². The Labute approximate surface area is 210 Å². The van der Waals surface area contributed by atoms with E-state index in [1.54, 1.807) is 6.07 Å². The fourth-order valence-electron chi connectivity index (χ4n) is 3.68. The van der Waals surface area contributed by atoms with E-state index in [4.69, 9.17) is 4.74 Å². The number of ether oxygens (including phenoxy) is 1. The number of hydrogen-bond donors (Lipinski definition) is 2. The Kier molecular flexibility index (Phi) is 9.99. The SMILES string of the molecule is CCCCNc1cc(CNc2ccccc2)cc(S(=O)(=O)CCCN(C)C)c1Oc1ccccc1. The van der Waals surface area contributed by atoms with Crippen LogP contribution in [0.2, 0.25) is 0 Å². The van der Waals surface area contributed by atoms with Gasteiger partial charge in [0.25, 0.3) is 0 Å². The summed E-state index contributed by atoms with van der Waals surface area (Å²) < 4.78 is 33.4. The Hall–Kier alpha value is -3.03. The van der Waals surface area contributed by atoms with Crippen LogP contribution < -0.4 is 15.4 Å². The smallest absolute Gasteiger partial charge is 0.182 e. The first-order chi connectivity index (χ1) is 16.9. The Morgan fingerprint density at radius 2 is 1.57 bits per heavy atom. The third-order valence-electron chi connectivity index (χ3n) is 5.55. The maximum atomic E-state index is 13.6. The number of nitrogens with one attached hydrogen (secondary N) is 2. The van der Waals surface area contributed by atoms with Crippen molar-refractivity contribution in [3.05, 3.63) is 78.4 Å². The lowest BCUT2D eigenvalue weighted by molar-refractivity contribution is 0.408. The van der Waals surface area contributed by atoms with E-state index < -0.39 is 9.84 Å². The second-order valence-corrected chi connectivity index (χ2v) is 10.9. The number of anilines is 2. The van der Waals surface area contributed by atoms with Gasteiger partial charge in [0.2, 0.25) is 0 Å². The van der Waals surface area contributed by atoms with Gasteiger partial charge in [0.15, 0.2) is 15.6 Å². The molecule has 0 saturated heterocycles. The predicted molar refractivity (Wildman–Crippen MR) is 145 cm³/mol. The van der Waals surface area contributed by atoms with Crippen molar-refractivity contribution in [2.24, 2.45) is 0 Å². The lowest BCUT2D eigenvalue weighted by atomic mass is 10.1. The summed E-state index contributed by atoms with van der Waals surface area (Å²) in [5, 5.41) is 6.83. The number of hydrogen-bond acceptors (Lipinski definition) is 6. The van der Waals surface area contributed by atoms with Crippen LogP contribution in [0.1, 0.15) is 31.7 Å². The largest absolute Gasteiger partial charge is 0.454 e. The summed E-state index contributed by atoms with van der Waals surface area (Å²) in [6.07, 6.45) is 2.56. The molecule has 0 heterocycles. The maximum Gasteiger partial charge on any atom is 0.182 e. The molecule has 0 amide bonds. The summed E-state index contributed by atoms with van der Waals surface area (Å²) >= 11 is 0. The summed E-state index contributed by atoms with van der Waals surface area (Å²) in [4.78, 5) is 2.22. The fourth-order valence-corrected chi connectivity index (χ4v) is 5.17. The molecule has 0 spiro atoms. The Bertz CT molecular complexity index is 1150. The highest BCUT2D eigenvalue weighted by atomic mass is 32.2. The number of nitrogens with zero attached hydrogens (tertiary/aromatic N) is 1. The van der Waals surface area contributed by atoms with Crippen LogP contribution in [0.25, 0.3) is 0 Å². The topological polar surface area (TPSA) is 70.7 Å². The minimum absolute atomic E-state index is 0.0559. The molecule has 188 valence electrons. The van der Waals surface area contributed by atoms with Gasteiger partial charge in [0.05, 0.1) is 11.4 Å². The molecule has 0 bridgehead atoms. The average Bonchev–Trinajstić information content (AvgIpc) is 2.85. The van der Waals surface area contributed by atoms with Gasteiger partial charge in [-0.3, -0.25) is 0 Å². The highest BCUT2D eigenvalue weighted by Gasteiger charge is 2.24. The molecule has 6 nitrogen and oxygen atoms in total. The molecule has 2 N–H and O–H groups in total. The second-order valence-electron chi connectivity index (χ2n) is 8.86. The highest BCUT2D eigenvalue weighted by Crippen LogP contribution is 2.38. The van der Waals surface area contributed by atoms with E-state index >= 15 is 0 Å². The van der Waals surface area contributed by atoms with Gasteiger partial charge >= 0.3 is 0 Å². The average molecular weight is 496 g/mol. The van der Waals surface area contributed by atoms with Crippen LogP contribution in [0, 0.1) is 0 Å². The van der Waals surface area contributed by atoms with Crippen molar-refractivity contribution in [1.29, 1.82) is 0 Å². The molecule has 3 aromatic rings. The monoisotopic (exact) mass is 495 g/mol. The van der Waals surface area contributed by atoms with Crippen molar-refractivity contribution in [2.45, 2.75) is 37.6 Å². The molecule has 0 atom stereocenters. The molecule has 0 aliphatic rings. The van der Waals surface area contributed by atoms with E-state index in [1.165, 1.54) is 0 Å². The Balaban J connectivity index is 2.02. The van der Waals surface area contributed by atoms with Crippen molar-refractivity contribution in [3.8, 4) is 11.5 Å². The lowest BCUT2D eigenvalue weighted by Gasteiger charge is -2.20. The second kappa shape index (κ2) is 13.2. The van der Waals surface area contributed by atoms with Crippen LogP contribution in [0.3, 0.4) is 0 Å². The molecule has 0 unspecified atom stereocenters. The zero-order chi connectivity index (χ0) is 25.1. The highest BCUT2D eigenvalue weighted by molar-refractivity contribution is 7.91. The van der Waals surface area contributed by atoms with Crippen LogP contribution >= 0.6 is 0 Å². The normalized spacial score (nSPS) is 11.4. The van der Waals surface area contributed by atoms with Crippen LogP contribution in [0.5, 0.6) is 11.5 Å². The van der Waals surface area contributed by atoms with Gasteiger partial charge in [-0.2, -0.15) is 0 Å². The Morgan fingerprint density at radius 1 is 0.886 bits per heavy atom. The van der Waals surface area contributed by atoms with Crippen LogP contribution in [0.4, 0.5) is 11.4 Å². The lowest BCUT2D eigenvalue weighted by Crippen LogP contribution is -2.18. The molecule has 3 aromatic carbocycles. The van der Waals surface area contributed by atoms with Crippen LogP contribution in [-0.4, -0.2) is 46.3 Å². The molecule has 0 saturated carbocycles. The van der Waals surface area contributed by atoms with Crippen molar-refractivity contribution in [1.82, 2.24) is 4.90 Å². The third-order valence-corrected chi connectivity index (χ3v) is 7.35. The van der Waals surface area contributed by atoms with Gasteiger partial charge in [-0.25, -0.2) is 8.42 Å². The minimum Gasteiger partial charge on any atom is -0.454 e. The van der Waals surface area contributed by atoms with E-state index in [0.717, 1.165) is 30.6 Å². The van der Waals surface area contributed by atoms with Crippen molar-refractivity contribution < 1.29 is 13.2 Å². The molecule has 3 rings (SSSR count). The zero-order valence-corrected chi connectivity index (χ0v) is 21.8.